The van der Waals surface area contributed by atoms with Gasteiger partial charge in [-0.05, 0) is 66.8 Å². The van der Waals surface area contributed by atoms with E-state index in [9.17, 15) is 13.2 Å². The number of carbonyl (C=O) groups is 1. The van der Waals surface area contributed by atoms with Crippen LogP contribution in [-0.4, -0.2) is 34.5 Å². The molecule has 9 heteroatoms. The molecule has 3 rings (SSSR count). The van der Waals surface area contributed by atoms with E-state index in [2.05, 4.69) is 5.32 Å². The predicted octanol–water partition coefficient (Wildman–Crippen LogP) is 4.60. The van der Waals surface area contributed by atoms with E-state index in [-0.39, 0.29) is 9.77 Å². The van der Waals surface area contributed by atoms with E-state index in [1.165, 1.54) is 13.1 Å². The highest BCUT2D eigenvalue weighted by Gasteiger charge is 2.28. The van der Waals surface area contributed by atoms with Crippen LogP contribution in [0.15, 0.2) is 64.9 Å². The van der Waals surface area contributed by atoms with Gasteiger partial charge in [-0.25, -0.2) is 8.42 Å². The Kier molecular flexibility index (Phi) is 7.59. The lowest BCUT2D eigenvalue weighted by molar-refractivity contribution is 0.0955. The number of benzene rings is 2. The first-order valence-electron chi connectivity index (χ1n) is 9.65. The highest BCUT2D eigenvalue weighted by atomic mass is 35.5. The second-order valence-electron chi connectivity index (χ2n) is 6.65. The topological polar surface area (TPSA) is 75.7 Å². The molecule has 1 N–H and O–H groups in total. The van der Waals surface area contributed by atoms with Crippen LogP contribution in [0.2, 0.25) is 5.02 Å². The Morgan fingerprint density at radius 1 is 1.10 bits per heavy atom. The molecule has 0 spiro atoms. The summed E-state index contributed by atoms with van der Waals surface area (Å²) in [5, 5.41) is 5.05. The van der Waals surface area contributed by atoms with Crippen LogP contribution < -0.4 is 14.4 Å². The molecule has 0 saturated carbocycles. The number of rotatable bonds is 9. The van der Waals surface area contributed by atoms with Gasteiger partial charge in [0.25, 0.3) is 15.9 Å². The van der Waals surface area contributed by atoms with E-state index in [1.807, 2.05) is 19.1 Å². The summed E-state index contributed by atoms with van der Waals surface area (Å²) < 4.78 is 32.9. The molecule has 0 aliphatic rings. The molecular formula is C22H23ClN2O4S2. The summed E-state index contributed by atoms with van der Waals surface area (Å²) in [6.07, 6.45) is 0.614. The van der Waals surface area contributed by atoms with E-state index >= 15 is 0 Å². The van der Waals surface area contributed by atoms with Crippen molar-refractivity contribution in [3.8, 4) is 5.75 Å². The number of anilines is 1. The van der Waals surface area contributed by atoms with E-state index in [1.54, 1.807) is 41.8 Å². The quantitative estimate of drug-likeness (QED) is 0.487. The van der Waals surface area contributed by atoms with Gasteiger partial charge in [0.1, 0.15) is 15.5 Å². The Morgan fingerprint density at radius 2 is 1.77 bits per heavy atom. The first kappa shape index (κ1) is 23.1. The van der Waals surface area contributed by atoms with Crippen LogP contribution in [0.25, 0.3) is 0 Å². The Morgan fingerprint density at radius 3 is 2.42 bits per heavy atom. The third kappa shape index (κ3) is 5.58. The van der Waals surface area contributed by atoms with Crippen LogP contribution in [0.3, 0.4) is 0 Å². The fraction of sp³-hybridized carbons (Fsp3) is 0.227. The third-order valence-corrected chi connectivity index (χ3v) is 7.72. The monoisotopic (exact) mass is 478 g/mol. The number of amides is 1. The molecule has 31 heavy (non-hydrogen) atoms. The van der Waals surface area contributed by atoms with Crippen molar-refractivity contribution >= 4 is 44.6 Å². The average Bonchev–Trinajstić information content (AvgIpc) is 3.26. The Labute approximate surface area is 191 Å². The lowest BCUT2D eigenvalue weighted by Crippen LogP contribution is -2.30. The third-order valence-electron chi connectivity index (χ3n) is 4.60. The molecule has 0 atom stereocenters. The molecule has 0 fully saturated rings. The van der Waals surface area contributed by atoms with E-state index in [0.29, 0.717) is 36.0 Å². The minimum Gasteiger partial charge on any atom is -0.494 e. The number of carbonyl (C=O) groups excluding carboxylic acids is 1. The lowest BCUT2D eigenvalue weighted by Gasteiger charge is -2.20. The maximum atomic E-state index is 13.2. The second-order valence-corrected chi connectivity index (χ2v) is 9.94. The number of halogens is 1. The molecule has 6 nitrogen and oxygen atoms in total. The molecule has 0 bridgehead atoms. The van der Waals surface area contributed by atoms with Crippen molar-refractivity contribution in [2.24, 2.45) is 0 Å². The molecule has 0 saturated heterocycles. The van der Waals surface area contributed by atoms with Crippen molar-refractivity contribution < 1.29 is 17.9 Å². The van der Waals surface area contributed by atoms with Gasteiger partial charge in [-0.3, -0.25) is 9.10 Å². The zero-order chi connectivity index (χ0) is 22.4. The Hall–Kier alpha value is -2.55. The number of ether oxygens (including phenoxy) is 1. The van der Waals surface area contributed by atoms with Crippen LogP contribution in [-0.2, 0) is 16.4 Å². The summed E-state index contributed by atoms with van der Waals surface area (Å²) in [6, 6.07) is 15.6. The first-order valence-corrected chi connectivity index (χ1v) is 12.3. The maximum absolute atomic E-state index is 13.2. The predicted molar refractivity (Wildman–Crippen MR) is 125 cm³/mol. The molecule has 0 aliphatic carbocycles. The fourth-order valence-electron chi connectivity index (χ4n) is 2.92. The number of hydrogen-bond acceptors (Lipinski definition) is 5. The normalized spacial score (nSPS) is 11.2. The second kappa shape index (κ2) is 10.2. The van der Waals surface area contributed by atoms with Crippen LogP contribution >= 0.6 is 22.9 Å². The van der Waals surface area contributed by atoms with Gasteiger partial charge in [-0.1, -0.05) is 23.7 Å². The standard InChI is InChI=1S/C22H23ClN2O4S2/c1-3-29-19-10-8-18(9-11-19)25(2)31(27,28)20-13-15-30-21(20)22(26)24-14-12-16-4-6-17(23)7-5-16/h4-11,13,15H,3,12,14H2,1-2H3,(H,24,26). The molecule has 3 aromatic rings. The molecule has 1 aromatic heterocycles. The van der Waals surface area contributed by atoms with Gasteiger partial charge in [-0.2, -0.15) is 0 Å². The van der Waals surface area contributed by atoms with Gasteiger partial charge >= 0.3 is 0 Å². The highest BCUT2D eigenvalue weighted by Crippen LogP contribution is 2.29. The molecule has 0 aliphatic heterocycles. The van der Waals surface area contributed by atoms with Gasteiger partial charge in [0.15, 0.2) is 0 Å². The zero-order valence-electron chi connectivity index (χ0n) is 17.2. The average molecular weight is 479 g/mol. The molecule has 164 valence electrons. The smallest absolute Gasteiger partial charge is 0.265 e. The minimum absolute atomic E-state index is 0.0159. The number of nitrogens with one attached hydrogen (secondary N) is 1. The summed E-state index contributed by atoms with van der Waals surface area (Å²) in [4.78, 5) is 12.8. The van der Waals surface area contributed by atoms with Gasteiger partial charge in [-0.15, -0.1) is 11.3 Å². The van der Waals surface area contributed by atoms with E-state index in [0.717, 1.165) is 21.2 Å². The first-order chi connectivity index (χ1) is 14.8. The largest absolute Gasteiger partial charge is 0.494 e. The number of hydrogen-bond donors (Lipinski definition) is 1. The van der Waals surface area contributed by atoms with Gasteiger partial charge in [0.05, 0.1) is 12.3 Å². The number of sulfonamides is 1. The highest BCUT2D eigenvalue weighted by molar-refractivity contribution is 7.93. The molecule has 0 radical (unpaired) electrons. The molecular weight excluding hydrogens is 456 g/mol. The van der Waals surface area contributed by atoms with E-state index < -0.39 is 15.9 Å². The van der Waals surface area contributed by atoms with Crippen molar-refractivity contribution in [3.63, 3.8) is 0 Å². The lowest BCUT2D eigenvalue weighted by atomic mass is 10.1. The maximum Gasteiger partial charge on any atom is 0.265 e. The zero-order valence-corrected chi connectivity index (χ0v) is 19.6. The van der Waals surface area contributed by atoms with Crippen LogP contribution in [0.4, 0.5) is 5.69 Å². The summed E-state index contributed by atoms with van der Waals surface area (Å²) >= 11 is 6.98. The number of thiophene rings is 1. The summed E-state index contributed by atoms with van der Waals surface area (Å²) in [7, 11) is -2.44. The number of nitrogens with zero attached hydrogens (tertiary/aromatic N) is 1. The van der Waals surface area contributed by atoms with Crippen molar-refractivity contribution in [2.45, 2.75) is 18.2 Å². The fourth-order valence-corrected chi connectivity index (χ4v) is 5.56. The summed E-state index contributed by atoms with van der Waals surface area (Å²) in [5.41, 5.74) is 1.50. The van der Waals surface area contributed by atoms with Gasteiger partial charge in [0, 0.05) is 18.6 Å². The Bertz CT molecular complexity index is 1130. The molecule has 1 heterocycles. The van der Waals surface area contributed by atoms with Crippen molar-refractivity contribution in [1.29, 1.82) is 0 Å². The molecule has 0 unspecified atom stereocenters. The van der Waals surface area contributed by atoms with Crippen LogP contribution in [0, 0.1) is 0 Å². The van der Waals surface area contributed by atoms with Crippen LogP contribution in [0.1, 0.15) is 22.2 Å². The summed E-state index contributed by atoms with van der Waals surface area (Å²) in [6.45, 7) is 2.79. The van der Waals surface area contributed by atoms with Crippen LogP contribution in [0.5, 0.6) is 5.75 Å². The molecule has 1 amide bonds. The van der Waals surface area contributed by atoms with Gasteiger partial charge < -0.3 is 10.1 Å². The Balaban J connectivity index is 1.70. The van der Waals surface area contributed by atoms with Crippen molar-refractivity contribution in [2.75, 3.05) is 24.5 Å². The van der Waals surface area contributed by atoms with Gasteiger partial charge in [0.2, 0.25) is 0 Å². The summed E-state index contributed by atoms with van der Waals surface area (Å²) in [5.74, 6) is 0.246. The van der Waals surface area contributed by atoms with Crippen molar-refractivity contribution in [1.82, 2.24) is 5.32 Å². The minimum atomic E-state index is -3.90. The van der Waals surface area contributed by atoms with Crippen molar-refractivity contribution in [3.05, 3.63) is 75.4 Å². The van der Waals surface area contributed by atoms with E-state index in [4.69, 9.17) is 16.3 Å². The SMILES string of the molecule is CCOc1ccc(N(C)S(=O)(=O)c2ccsc2C(=O)NCCc2ccc(Cl)cc2)cc1. The molecule has 2 aromatic carbocycles.